The summed E-state index contributed by atoms with van der Waals surface area (Å²) < 4.78 is 5.03. The molecule has 2 heterocycles. The molecule has 1 aliphatic rings. The number of carbonyl (C=O) groups excluding carboxylic acids is 1. The third-order valence-electron chi connectivity index (χ3n) is 2.49. The van der Waals surface area contributed by atoms with Crippen LogP contribution < -0.4 is 5.32 Å². The molecule has 8 heteroatoms. The standard InChI is InChI=1S/C10H13N3O4S/c14-8-5-17-4-3-13(8)2-1-7-6-18-9(11-7)12-10(15)16/h6H,1-5H2,(H,11,12)(H,15,16). The lowest BCUT2D eigenvalue weighted by molar-refractivity contribution is -0.142. The molecule has 2 rings (SSSR count). The zero-order valence-electron chi connectivity index (χ0n) is 9.59. The molecule has 1 aromatic rings. The van der Waals surface area contributed by atoms with Crippen molar-refractivity contribution < 1.29 is 19.4 Å². The average Bonchev–Trinajstić information content (AvgIpc) is 2.75. The number of hydrogen-bond donors (Lipinski definition) is 2. The van der Waals surface area contributed by atoms with E-state index in [1.54, 1.807) is 10.3 Å². The summed E-state index contributed by atoms with van der Waals surface area (Å²) in [5, 5.41) is 12.9. The minimum atomic E-state index is -1.13. The minimum Gasteiger partial charge on any atom is -0.465 e. The van der Waals surface area contributed by atoms with E-state index in [4.69, 9.17) is 9.84 Å². The number of ether oxygens (including phenoxy) is 1. The Balaban J connectivity index is 1.84. The van der Waals surface area contributed by atoms with Crippen molar-refractivity contribution >= 4 is 28.5 Å². The molecule has 98 valence electrons. The Labute approximate surface area is 107 Å². The van der Waals surface area contributed by atoms with Crippen LogP contribution in [0.1, 0.15) is 5.69 Å². The highest BCUT2D eigenvalue weighted by atomic mass is 32.1. The fraction of sp³-hybridized carbons (Fsp3) is 0.500. The number of nitrogens with one attached hydrogen (secondary N) is 1. The summed E-state index contributed by atoms with van der Waals surface area (Å²) >= 11 is 1.23. The maximum absolute atomic E-state index is 11.5. The molecule has 0 atom stereocenters. The molecular weight excluding hydrogens is 258 g/mol. The topological polar surface area (TPSA) is 91.8 Å². The first-order valence-electron chi connectivity index (χ1n) is 5.45. The molecule has 18 heavy (non-hydrogen) atoms. The summed E-state index contributed by atoms with van der Waals surface area (Å²) in [6.45, 7) is 1.89. The SMILES string of the molecule is O=C(O)Nc1nc(CCN2CCOCC2=O)cs1. The van der Waals surface area contributed by atoms with Crippen LogP contribution in [0.4, 0.5) is 9.93 Å². The Kier molecular flexibility index (Phi) is 4.11. The monoisotopic (exact) mass is 271 g/mol. The second-order valence-electron chi connectivity index (χ2n) is 3.76. The van der Waals surface area contributed by atoms with Crippen LogP contribution in [0.5, 0.6) is 0 Å². The van der Waals surface area contributed by atoms with Gasteiger partial charge in [0.2, 0.25) is 5.91 Å². The summed E-state index contributed by atoms with van der Waals surface area (Å²) in [4.78, 5) is 27.7. The van der Waals surface area contributed by atoms with Crippen molar-refractivity contribution in [3.05, 3.63) is 11.1 Å². The van der Waals surface area contributed by atoms with Gasteiger partial charge in [-0.05, 0) is 0 Å². The fourth-order valence-electron chi connectivity index (χ4n) is 1.61. The highest BCUT2D eigenvalue weighted by Gasteiger charge is 2.18. The first-order valence-corrected chi connectivity index (χ1v) is 6.33. The molecule has 2 amide bonds. The van der Waals surface area contributed by atoms with Gasteiger partial charge in [0.25, 0.3) is 0 Å². The quantitative estimate of drug-likeness (QED) is 0.838. The molecule has 0 unspecified atom stereocenters. The first-order chi connectivity index (χ1) is 8.65. The van der Waals surface area contributed by atoms with Crippen LogP contribution in [0, 0.1) is 0 Å². The Morgan fingerprint density at radius 1 is 1.67 bits per heavy atom. The van der Waals surface area contributed by atoms with Crippen LogP contribution in [0.15, 0.2) is 5.38 Å². The molecule has 7 nitrogen and oxygen atoms in total. The Morgan fingerprint density at radius 3 is 3.22 bits per heavy atom. The fourth-order valence-corrected chi connectivity index (χ4v) is 2.34. The number of rotatable bonds is 4. The molecule has 2 N–H and O–H groups in total. The molecule has 0 aromatic carbocycles. The molecule has 0 aliphatic carbocycles. The number of morpholine rings is 1. The number of thiazole rings is 1. The number of aromatic nitrogens is 1. The molecular formula is C10H13N3O4S. The highest BCUT2D eigenvalue weighted by molar-refractivity contribution is 7.13. The molecule has 0 radical (unpaired) electrons. The van der Waals surface area contributed by atoms with Crippen LogP contribution >= 0.6 is 11.3 Å². The van der Waals surface area contributed by atoms with Crippen molar-refractivity contribution in [3.8, 4) is 0 Å². The van der Waals surface area contributed by atoms with Gasteiger partial charge in [-0.25, -0.2) is 9.78 Å². The maximum Gasteiger partial charge on any atom is 0.410 e. The van der Waals surface area contributed by atoms with Crippen LogP contribution in [0.2, 0.25) is 0 Å². The number of hydrogen-bond acceptors (Lipinski definition) is 5. The second-order valence-corrected chi connectivity index (χ2v) is 4.62. The van der Waals surface area contributed by atoms with E-state index in [-0.39, 0.29) is 12.5 Å². The van der Waals surface area contributed by atoms with Crippen molar-refractivity contribution in [1.29, 1.82) is 0 Å². The van der Waals surface area contributed by atoms with Crippen LogP contribution in [0.25, 0.3) is 0 Å². The maximum atomic E-state index is 11.5. The Hall–Kier alpha value is -1.67. The molecule has 0 spiro atoms. The van der Waals surface area contributed by atoms with E-state index in [0.29, 0.717) is 31.2 Å². The van der Waals surface area contributed by atoms with Crippen molar-refractivity contribution in [2.75, 3.05) is 31.6 Å². The summed E-state index contributed by atoms with van der Waals surface area (Å²) in [5.74, 6) is -0.0136. The summed E-state index contributed by atoms with van der Waals surface area (Å²) in [6, 6.07) is 0. The van der Waals surface area contributed by atoms with Gasteiger partial charge in [0.15, 0.2) is 5.13 Å². The summed E-state index contributed by atoms with van der Waals surface area (Å²) in [7, 11) is 0. The smallest absolute Gasteiger partial charge is 0.410 e. The number of carboxylic acid groups (broad SMARTS) is 1. The molecule has 1 fully saturated rings. The first kappa shape index (κ1) is 12.8. The summed E-state index contributed by atoms with van der Waals surface area (Å²) in [6.07, 6.45) is -0.511. The lowest BCUT2D eigenvalue weighted by atomic mass is 10.3. The second kappa shape index (κ2) is 5.78. The summed E-state index contributed by atoms with van der Waals surface area (Å²) in [5.41, 5.74) is 0.781. The zero-order valence-corrected chi connectivity index (χ0v) is 10.4. The van der Waals surface area contributed by atoms with E-state index in [9.17, 15) is 9.59 Å². The van der Waals surface area contributed by atoms with E-state index < -0.39 is 6.09 Å². The predicted molar refractivity (Wildman–Crippen MR) is 64.9 cm³/mol. The van der Waals surface area contributed by atoms with Crippen LogP contribution in [0.3, 0.4) is 0 Å². The van der Waals surface area contributed by atoms with Crippen molar-refractivity contribution in [2.45, 2.75) is 6.42 Å². The van der Waals surface area contributed by atoms with E-state index in [1.165, 1.54) is 11.3 Å². The van der Waals surface area contributed by atoms with Gasteiger partial charge in [-0.2, -0.15) is 0 Å². The molecule has 1 saturated heterocycles. The number of anilines is 1. The molecule has 1 aromatic heterocycles. The number of nitrogens with zero attached hydrogens (tertiary/aromatic N) is 2. The normalized spacial score (nSPS) is 15.8. The Morgan fingerprint density at radius 2 is 2.50 bits per heavy atom. The molecule has 1 aliphatic heterocycles. The lowest BCUT2D eigenvalue weighted by Crippen LogP contribution is -2.42. The van der Waals surface area contributed by atoms with Gasteiger partial charge < -0.3 is 14.7 Å². The van der Waals surface area contributed by atoms with Gasteiger partial charge in [0, 0.05) is 24.9 Å². The van der Waals surface area contributed by atoms with E-state index >= 15 is 0 Å². The van der Waals surface area contributed by atoms with Gasteiger partial charge in [-0.1, -0.05) is 0 Å². The van der Waals surface area contributed by atoms with E-state index in [0.717, 1.165) is 5.69 Å². The van der Waals surface area contributed by atoms with E-state index in [2.05, 4.69) is 10.3 Å². The minimum absolute atomic E-state index is 0.0136. The average molecular weight is 271 g/mol. The van der Waals surface area contributed by atoms with Crippen LogP contribution in [-0.2, 0) is 16.0 Å². The number of carbonyl (C=O) groups is 2. The van der Waals surface area contributed by atoms with Crippen molar-refractivity contribution in [1.82, 2.24) is 9.88 Å². The lowest BCUT2D eigenvalue weighted by Gasteiger charge is -2.26. The molecule has 0 saturated carbocycles. The predicted octanol–water partition coefficient (Wildman–Crippen LogP) is 0.634. The Bertz CT molecular complexity index is 448. The van der Waals surface area contributed by atoms with Gasteiger partial charge >= 0.3 is 6.09 Å². The van der Waals surface area contributed by atoms with Crippen molar-refractivity contribution in [3.63, 3.8) is 0 Å². The third kappa shape index (κ3) is 3.41. The van der Waals surface area contributed by atoms with Gasteiger partial charge in [0.05, 0.1) is 12.3 Å². The van der Waals surface area contributed by atoms with Gasteiger partial charge in [-0.15, -0.1) is 11.3 Å². The van der Waals surface area contributed by atoms with Crippen molar-refractivity contribution in [2.24, 2.45) is 0 Å². The van der Waals surface area contributed by atoms with Gasteiger partial charge in [-0.3, -0.25) is 10.1 Å². The van der Waals surface area contributed by atoms with Crippen LogP contribution in [-0.4, -0.2) is 53.3 Å². The third-order valence-corrected chi connectivity index (χ3v) is 3.29. The highest BCUT2D eigenvalue weighted by Crippen LogP contribution is 2.16. The van der Waals surface area contributed by atoms with E-state index in [1.807, 2.05) is 0 Å². The largest absolute Gasteiger partial charge is 0.465 e. The number of amides is 2. The zero-order chi connectivity index (χ0) is 13.0. The molecule has 0 bridgehead atoms. The van der Waals surface area contributed by atoms with Gasteiger partial charge in [0.1, 0.15) is 6.61 Å².